The van der Waals surface area contributed by atoms with Gasteiger partial charge < -0.3 is 15.8 Å². The Morgan fingerprint density at radius 2 is 2.11 bits per heavy atom. The zero-order chi connectivity index (χ0) is 13.8. The molecule has 0 radical (unpaired) electrons. The van der Waals surface area contributed by atoms with Crippen molar-refractivity contribution in [1.82, 2.24) is 4.98 Å². The lowest BCUT2D eigenvalue weighted by molar-refractivity contribution is 0.398. The van der Waals surface area contributed by atoms with Crippen LogP contribution >= 0.6 is 15.9 Å². The van der Waals surface area contributed by atoms with Gasteiger partial charge in [0.05, 0.1) is 12.8 Å². The third kappa shape index (κ3) is 3.17. The van der Waals surface area contributed by atoms with Crippen LogP contribution in [0.5, 0.6) is 5.88 Å². The molecule has 19 heavy (non-hydrogen) atoms. The van der Waals surface area contributed by atoms with Gasteiger partial charge >= 0.3 is 0 Å². The molecule has 0 fully saturated rings. The second-order valence-electron chi connectivity index (χ2n) is 4.07. The molecule has 0 bridgehead atoms. The fraction of sp³-hybridized carbons (Fsp3) is 0.214. The van der Waals surface area contributed by atoms with Crippen molar-refractivity contribution in [2.24, 2.45) is 0 Å². The molecule has 4 nitrogen and oxygen atoms in total. The van der Waals surface area contributed by atoms with Crippen LogP contribution in [0, 0.1) is 0 Å². The van der Waals surface area contributed by atoms with E-state index in [0.29, 0.717) is 17.4 Å². The molecule has 0 saturated heterocycles. The number of aryl methyl sites for hydroxylation is 1. The molecule has 3 N–H and O–H groups in total. The fourth-order valence-electron chi connectivity index (χ4n) is 1.77. The first-order chi connectivity index (χ1) is 9.13. The van der Waals surface area contributed by atoms with Gasteiger partial charge in [0.1, 0.15) is 0 Å². The van der Waals surface area contributed by atoms with Crippen LogP contribution in [-0.2, 0) is 6.42 Å². The number of nitrogen functional groups attached to an aromatic ring is 1. The van der Waals surface area contributed by atoms with Gasteiger partial charge in [-0.15, -0.1) is 0 Å². The lowest BCUT2D eigenvalue weighted by Crippen LogP contribution is -2.02. The number of aromatic nitrogens is 1. The number of nitrogens with one attached hydrogen (secondary N) is 1. The third-order valence-corrected chi connectivity index (χ3v) is 3.30. The predicted octanol–water partition coefficient (Wildman–Crippen LogP) is 3.74. The number of hydrogen-bond acceptors (Lipinski definition) is 4. The Morgan fingerprint density at radius 3 is 2.79 bits per heavy atom. The van der Waals surface area contributed by atoms with E-state index < -0.39 is 0 Å². The van der Waals surface area contributed by atoms with Gasteiger partial charge in [0.25, 0.3) is 0 Å². The number of methoxy groups -OCH3 is 1. The first kappa shape index (κ1) is 13.7. The summed E-state index contributed by atoms with van der Waals surface area (Å²) in [6.07, 6.45) is 0.922. The number of nitrogens with two attached hydrogens (primary N) is 1. The van der Waals surface area contributed by atoms with E-state index in [0.717, 1.165) is 16.6 Å². The summed E-state index contributed by atoms with van der Waals surface area (Å²) in [4.78, 5) is 4.31. The maximum absolute atomic E-state index is 5.92. The van der Waals surface area contributed by atoms with Crippen LogP contribution in [0.4, 0.5) is 17.2 Å². The van der Waals surface area contributed by atoms with Gasteiger partial charge in [-0.3, -0.25) is 0 Å². The Hall–Kier alpha value is -1.75. The smallest absolute Gasteiger partial charge is 0.215 e. The minimum absolute atomic E-state index is 0.534. The summed E-state index contributed by atoms with van der Waals surface area (Å²) in [6.45, 7) is 2.11. The van der Waals surface area contributed by atoms with E-state index in [-0.39, 0.29) is 0 Å². The molecule has 0 saturated carbocycles. The van der Waals surface area contributed by atoms with E-state index in [1.54, 1.807) is 19.2 Å². The second-order valence-corrected chi connectivity index (χ2v) is 4.99. The normalized spacial score (nSPS) is 10.3. The van der Waals surface area contributed by atoms with Crippen LogP contribution < -0.4 is 15.8 Å². The lowest BCUT2D eigenvalue weighted by atomic mass is 10.1. The molecule has 0 aliphatic rings. The van der Waals surface area contributed by atoms with Crippen molar-refractivity contribution in [3.05, 3.63) is 40.4 Å². The van der Waals surface area contributed by atoms with Crippen molar-refractivity contribution in [2.75, 3.05) is 18.2 Å². The van der Waals surface area contributed by atoms with Crippen molar-refractivity contribution < 1.29 is 4.74 Å². The van der Waals surface area contributed by atoms with Crippen LogP contribution in [0.25, 0.3) is 0 Å². The minimum Gasteiger partial charge on any atom is -0.481 e. The van der Waals surface area contributed by atoms with Crippen molar-refractivity contribution in [3.8, 4) is 5.88 Å². The summed E-state index contributed by atoms with van der Waals surface area (Å²) in [5, 5.41) is 3.26. The van der Waals surface area contributed by atoms with Crippen LogP contribution in [0.2, 0.25) is 0 Å². The molecule has 100 valence electrons. The fourth-order valence-corrected chi connectivity index (χ4v) is 2.18. The number of anilines is 3. The molecule has 0 aliphatic heterocycles. The highest BCUT2D eigenvalue weighted by Crippen LogP contribution is 2.28. The molecule has 0 spiro atoms. The van der Waals surface area contributed by atoms with Crippen molar-refractivity contribution >= 4 is 33.1 Å². The molecule has 1 heterocycles. The summed E-state index contributed by atoms with van der Waals surface area (Å²) in [6, 6.07) is 9.58. The Bertz CT molecular complexity index is 587. The molecular formula is C14H16BrN3O. The standard InChI is InChI=1S/C14H16BrN3O/c1-3-9-8-10(15)4-6-12(9)17-14-11(16)5-7-13(18-14)19-2/h4-8H,3,16H2,1-2H3,(H,17,18). The number of benzene rings is 1. The molecule has 0 amide bonds. The van der Waals surface area contributed by atoms with Crippen molar-refractivity contribution in [2.45, 2.75) is 13.3 Å². The van der Waals surface area contributed by atoms with Crippen LogP contribution in [-0.4, -0.2) is 12.1 Å². The maximum Gasteiger partial charge on any atom is 0.215 e. The van der Waals surface area contributed by atoms with Crippen LogP contribution in [0.1, 0.15) is 12.5 Å². The van der Waals surface area contributed by atoms with E-state index in [2.05, 4.69) is 39.2 Å². The molecule has 2 aromatic rings. The highest BCUT2D eigenvalue weighted by molar-refractivity contribution is 9.10. The second kappa shape index (κ2) is 5.93. The van der Waals surface area contributed by atoms with E-state index in [4.69, 9.17) is 10.5 Å². The average Bonchev–Trinajstić information content (AvgIpc) is 2.43. The molecule has 1 aromatic carbocycles. The molecule has 5 heteroatoms. The number of halogens is 1. The van der Waals surface area contributed by atoms with E-state index >= 15 is 0 Å². The predicted molar refractivity (Wildman–Crippen MR) is 82.0 cm³/mol. The Kier molecular flexibility index (Phi) is 4.27. The van der Waals surface area contributed by atoms with E-state index in [1.165, 1.54) is 5.56 Å². The van der Waals surface area contributed by atoms with Crippen molar-refractivity contribution in [3.63, 3.8) is 0 Å². The van der Waals surface area contributed by atoms with Gasteiger partial charge in [-0.2, -0.15) is 4.98 Å². The average molecular weight is 322 g/mol. The monoisotopic (exact) mass is 321 g/mol. The summed E-state index contributed by atoms with van der Waals surface area (Å²) < 4.78 is 6.17. The van der Waals surface area contributed by atoms with Crippen LogP contribution in [0.15, 0.2) is 34.8 Å². The zero-order valence-corrected chi connectivity index (χ0v) is 12.5. The summed E-state index contributed by atoms with van der Waals surface area (Å²) in [5.74, 6) is 1.14. The van der Waals surface area contributed by atoms with Gasteiger partial charge in [-0.1, -0.05) is 22.9 Å². The third-order valence-electron chi connectivity index (χ3n) is 2.81. The van der Waals surface area contributed by atoms with Crippen LogP contribution in [0.3, 0.4) is 0 Å². The summed E-state index contributed by atoms with van der Waals surface area (Å²) >= 11 is 3.47. The summed E-state index contributed by atoms with van der Waals surface area (Å²) in [7, 11) is 1.58. The van der Waals surface area contributed by atoms with Gasteiger partial charge in [0.2, 0.25) is 5.88 Å². The maximum atomic E-state index is 5.92. The first-order valence-corrected chi connectivity index (χ1v) is 6.79. The molecule has 2 rings (SSSR count). The highest BCUT2D eigenvalue weighted by Gasteiger charge is 2.07. The van der Waals surface area contributed by atoms with Crippen molar-refractivity contribution in [1.29, 1.82) is 0 Å². The molecule has 0 atom stereocenters. The minimum atomic E-state index is 0.534. The molecule has 0 aliphatic carbocycles. The van der Waals surface area contributed by atoms with Gasteiger partial charge in [-0.05, 0) is 36.2 Å². The Morgan fingerprint density at radius 1 is 1.32 bits per heavy atom. The van der Waals surface area contributed by atoms with E-state index in [9.17, 15) is 0 Å². The SMILES string of the molecule is CCc1cc(Br)ccc1Nc1nc(OC)ccc1N. The Labute approximate surface area is 121 Å². The van der Waals surface area contributed by atoms with Gasteiger partial charge in [-0.25, -0.2) is 0 Å². The number of pyridine rings is 1. The molecular weight excluding hydrogens is 306 g/mol. The van der Waals surface area contributed by atoms with Gasteiger partial charge in [0.15, 0.2) is 5.82 Å². The van der Waals surface area contributed by atoms with E-state index in [1.807, 2.05) is 12.1 Å². The topological polar surface area (TPSA) is 60.2 Å². The summed E-state index contributed by atoms with van der Waals surface area (Å²) in [5.41, 5.74) is 8.70. The Balaban J connectivity index is 2.35. The number of rotatable bonds is 4. The number of hydrogen-bond donors (Lipinski definition) is 2. The number of nitrogens with zero attached hydrogens (tertiary/aromatic N) is 1. The quantitative estimate of drug-likeness (QED) is 0.900. The first-order valence-electron chi connectivity index (χ1n) is 6.00. The zero-order valence-electron chi connectivity index (χ0n) is 10.9. The lowest BCUT2D eigenvalue weighted by Gasteiger charge is -2.13. The number of ether oxygens (including phenoxy) is 1. The largest absolute Gasteiger partial charge is 0.481 e. The highest BCUT2D eigenvalue weighted by atomic mass is 79.9. The molecule has 1 aromatic heterocycles. The van der Waals surface area contributed by atoms with Gasteiger partial charge in [0, 0.05) is 16.2 Å². The molecule has 0 unspecified atom stereocenters.